The Morgan fingerprint density at radius 2 is 1.70 bits per heavy atom. The normalized spacial score (nSPS) is 10.4. The van der Waals surface area contributed by atoms with Crippen LogP contribution in [0.3, 0.4) is 0 Å². The van der Waals surface area contributed by atoms with Gasteiger partial charge in [0.1, 0.15) is 0 Å². The number of benzene rings is 2. The van der Waals surface area contributed by atoms with E-state index < -0.39 is 10.0 Å². The molecule has 0 atom stereocenters. The molecule has 3 aromatic rings. The number of allylic oxidation sites excluding steroid dienone is 2. The monoisotopic (exact) mass is 425 g/mol. The minimum Gasteiger partial charge on any atom is -0.362 e. The maximum atomic E-state index is 13.2. The van der Waals surface area contributed by atoms with Crippen molar-refractivity contribution in [2.75, 3.05) is 7.05 Å². The topological polar surface area (TPSA) is 81.1 Å². The van der Waals surface area contributed by atoms with Gasteiger partial charge in [-0.15, -0.1) is 0 Å². The van der Waals surface area contributed by atoms with Crippen LogP contribution in [0.25, 0.3) is 22.9 Å². The lowest BCUT2D eigenvalue weighted by Gasteiger charge is -2.10. The molecule has 0 saturated carbocycles. The minimum atomic E-state index is -3.84. The Hall–Kier alpha value is -3.45. The molecule has 0 bridgehead atoms. The predicted molar refractivity (Wildman–Crippen MR) is 125 cm³/mol. The summed E-state index contributed by atoms with van der Waals surface area (Å²) in [6.07, 6.45) is 8.58. The fourth-order valence-electron chi connectivity index (χ4n) is 2.54. The maximum absolute atomic E-state index is 13.2. The van der Waals surface area contributed by atoms with E-state index in [9.17, 15) is 8.42 Å². The Kier molecular flexibility index (Phi) is 9.99. The van der Waals surface area contributed by atoms with Gasteiger partial charge in [0.15, 0.2) is 0 Å². The third-order valence-corrected chi connectivity index (χ3v) is 5.44. The molecule has 0 radical (unpaired) electrons. The van der Waals surface area contributed by atoms with Gasteiger partial charge >= 0.3 is 0 Å². The number of carbonyl (C=O) groups excluding carboxylic acids is 1. The SMILES string of the molecule is C=C/C=C\c1c(C=C)cnn1S(=O)(=O)c1cccc2ccccc12.CC.CNC=O. The molecule has 2 aromatic carbocycles. The third kappa shape index (κ3) is 5.55. The van der Waals surface area contributed by atoms with E-state index in [1.54, 1.807) is 49.6 Å². The summed E-state index contributed by atoms with van der Waals surface area (Å²) in [5.74, 6) is 0. The van der Waals surface area contributed by atoms with Crippen LogP contribution in [0.15, 0.2) is 78.9 Å². The molecule has 0 spiro atoms. The highest BCUT2D eigenvalue weighted by Gasteiger charge is 2.23. The second-order valence-electron chi connectivity index (χ2n) is 5.52. The summed E-state index contributed by atoms with van der Waals surface area (Å²) in [4.78, 5) is 9.28. The van der Waals surface area contributed by atoms with Crippen LogP contribution < -0.4 is 5.32 Å². The van der Waals surface area contributed by atoms with Gasteiger partial charge in [0.2, 0.25) is 6.41 Å². The second-order valence-corrected chi connectivity index (χ2v) is 7.25. The molecule has 0 saturated heterocycles. The summed E-state index contributed by atoms with van der Waals surface area (Å²) in [6, 6.07) is 12.6. The lowest BCUT2D eigenvalue weighted by atomic mass is 10.1. The molecule has 6 nitrogen and oxygen atoms in total. The first-order valence-electron chi connectivity index (χ1n) is 9.35. The number of carbonyl (C=O) groups is 1. The number of fused-ring (bicyclic) bond motifs is 1. The summed E-state index contributed by atoms with van der Waals surface area (Å²) >= 11 is 0. The molecule has 0 aliphatic carbocycles. The maximum Gasteiger partial charge on any atom is 0.284 e. The van der Waals surface area contributed by atoms with Crippen LogP contribution in [0.5, 0.6) is 0 Å². The highest BCUT2D eigenvalue weighted by molar-refractivity contribution is 7.90. The number of nitrogens with zero attached hydrogens (tertiary/aromatic N) is 2. The van der Waals surface area contributed by atoms with E-state index in [0.29, 0.717) is 23.1 Å². The van der Waals surface area contributed by atoms with Gasteiger partial charge in [-0.2, -0.15) is 17.6 Å². The number of nitrogens with one attached hydrogen (secondary N) is 1. The molecule has 3 rings (SSSR count). The predicted octanol–water partition coefficient (Wildman–Crippen LogP) is 4.50. The molecule has 0 aliphatic heterocycles. The Labute approximate surface area is 178 Å². The summed E-state index contributed by atoms with van der Waals surface area (Å²) in [5.41, 5.74) is 1.08. The van der Waals surface area contributed by atoms with E-state index >= 15 is 0 Å². The Morgan fingerprint density at radius 1 is 1.07 bits per heavy atom. The van der Waals surface area contributed by atoms with Crippen molar-refractivity contribution in [1.29, 1.82) is 0 Å². The zero-order valence-corrected chi connectivity index (χ0v) is 18.3. The van der Waals surface area contributed by atoms with E-state index in [1.165, 1.54) is 6.20 Å². The highest BCUT2D eigenvalue weighted by Crippen LogP contribution is 2.26. The second kappa shape index (κ2) is 12.2. The highest BCUT2D eigenvalue weighted by atomic mass is 32.2. The summed E-state index contributed by atoms with van der Waals surface area (Å²) in [5, 5.41) is 7.84. The van der Waals surface area contributed by atoms with E-state index in [0.717, 1.165) is 9.47 Å². The Balaban J connectivity index is 0.000000673. The van der Waals surface area contributed by atoms with Crippen molar-refractivity contribution < 1.29 is 13.2 Å². The molecule has 1 N–H and O–H groups in total. The van der Waals surface area contributed by atoms with Crippen molar-refractivity contribution in [1.82, 2.24) is 14.5 Å². The molecule has 1 aromatic heterocycles. The van der Waals surface area contributed by atoms with Gasteiger partial charge in [-0.25, -0.2) is 0 Å². The summed E-state index contributed by atoms with van der Waals surface area (Å²) in [6.45, 7) is 11.3. The van der Waals surface area contributed by atoms with Crippen LogP contribution in [-0.2, 0) is 14.8 Å². The zero-order valence-electron chi connectivity index (χ0n) is 17.4. The van der Waals surface area contributed by atoms with Gasteiger partial charge in [0.05, 0.1) is 16.8 Å². The molecular weight excluding hydrogens is 398 g/mol. The smallest absolute Gasteiger partial charge is 0.284 e. The standard InChI is InChI=1S/C19H16N2O2S.C2H5NO.C2H6/c1-3-5-12-18-15(4-2)14-20-21(18)24(22,23)19-13-8-10-16-9-6-7-11-17(16)19;1-3-2-4;1-2/h3-14H,1-2H2;2H,1H3,(H,3,4);1-2H3/b12-5-;;. The fourth-order valence-corrected chi connectivity index (χ4v) is 4.03. The molecule has 0 fully saturated rings. The molecule has 1 amide bonds. The summed E-state index contributed by atoms with van der Waals surface area (Å²) in [7, 11) is -2.28. The number of hydrogen-bond donors (Lipinski definition) is 1. The number of aromatic nitrogens is 2. The van der Waals surface area contributed by atoms with Gasteiger partial charge in [0, 0.05) is 18.0 Å². The molecule has 0 aliphatic rings. The van der Waals surface area contributed by atoms with Crippen molar-refractivity contribution in [3.8, 4) is 0 Å². The minimum absolute atomic E-state index is 0.215. The first kappa shape index (κ1) is 24.6. The van der Waals surface area contributed by atoms with Crippen LogP contribution in [0.2, 0.25) is 0 Å². The average Bonchev–Trinajstić information content (AvgIpc) is 3.22. The average molecular weight is 426 g/mol. The van der Waals surface area contributed by atoms with Crippen molar-refractivity contribution in [3.05, 3.63) is 85.2 Å². The Bertz CT molecular complexity index is 1120. The lowest BCUT2D eigenvalue weighted by molar-refractivity contribution is -0.109. The van der Waals surface area contributed by atoms with E-state index in [4.69, 9.17) is 4.79 Å². The third-order valence-electron chi connectivity index (χ3n) is 3.79. The largest absolute Gasteiger partial charge is 0.362 e. The van der Waals surface area contributed by atoms with Gasteiger partial charge in [-0.1, -0.05) is 81.6 Å². The van der Waals surface area contributed by atoms with Crippen LogP contribution in [0, 0.1) is 0 Å². The molecule has 158 valence electrons. The van der Waals surface area contributed by atoms with Crippen LogP contribution in [0.1, 0.15) is 25.1 Å². The molecule has 0 unspecified atom stereocenters. The van der Waals surface area contributed by atoms with E-state index in [1.807, 2.05) is 38.1 Å². The quantitative estimate of drug-likeness (QED) is 0.466. The molecule has 1 heterocycles. The summed E-state index contributed by atoms with van der Waals surface area (Å²) < 4.78 is 27.4. The van der Waals surface area contributed by atoms with Crippen molar-refractivity contribution in [3.63, 3.8) is 0 Å². The van der Waals surface area contributed by atoms with Gasteiger partial charge in [0.25, 0.3) is 10.0 Å². The van der Waals surface area contributed by atoms with Gasteiger partial charge in [-0.05, 0) is 17.5 Å². The van der Waals surface area contributed by atoms with E-state index in [2.05, 4.69) is 23.6 Å². The molecular formula is C23H27N3O3S. The van der Waals surface area contributed by atoms with Gasteiger partial charge < -0.3 is 5.32 Å². The zero-order chi connectivity index (χ0) is 22.6. The number of hydrogen-bond acceptors (Lipinski definition) is 4. The molecule has 30 heavy (non-hydrogen) atoms. The van der Waals surface area contributed by atoms with Crippen molar-refractivity contribution >= 4 is 39.4 Å². The number of amides is 1. The first-order valence-corrected chi connectivity index (χ1v) is 10.8. The first-order chi connectivity index (χ1) is 14.5. The van der Waals surface area contributed by atoms with E-state index in [-0.39, 0.29) is 4.90 Å². The number of rotatable bonds is 6. The van der Waals surface area contributed by atoms with Crippen LogP contribution in [0.4, 0.5) is 0 Å². The van der Waals surface area contributed by atoms with Gasteiger partial charge in [-0.3, -0.25) is 4.79 Å². The van der Waals surface area contributed by atoms with Crippen molar-refractivity contribution in [2.45, 2.75) is 18.7 Å². The fraction of sp³-hybridized carbons (Fsp3) is 0.130. The van der Waals surface area contributed by atoms with Crippen LogP contribution >= 0.6 is 0 Å². The lowest BCUT2D eigenvalue weighted by Crippen LogP contribution is -2.16. The van der Waals surface area contributed by atoms with Crippen molar-refractivity contribution in [2.24, 2.45) is 0 Å². The Morgan fingerprint density at radius 3 is 2.30 bits per heavy atom. The van der Waals surface area contributed by atoms with Crippen LogP contribution in [-0.4, -0.2) is 31.1 Å². The molecule has 7 heteroatoms.